The van der Waals surface area contributed by atoms with Crippen molar-refractivity contribution in [2.75, 3.05) is 0 Å². The fraction of sp³-hybridized carbons (Fsp3) is 0.100. The summed E-state index contributed by atoms with van der Waals surface area (Å²) in [6.45, 7) is 1.82. The van der Waals surface area contributed by atoms with Crippen molar-refractivity contribution in [1.29, 1.82) is 0 Å². The SMILES string of the molecule is Cc1cc(F)ccc1-c1ncc(O)s1. The van der Waals surface area contributed by atoms with Crippen LogP contribution in [0.15, 0.2) is 24.4 Å². The monoisotopic (exact) mass is 209 g/mol. The van der Waals surface area contributed by atoms with E-state index in [1.165, 1.54) is 29.7 Å². The summed E-state index contributed by atoms with van der Waals surface area (Å²) in [5, 5.41) is 10.0. The van der Waals surface area contributed by atoms with Crippen LogP contribution >= 0.6 is 11.3 Å². The van der Waals surface area contributed by atoms with Crippen molar-refractivity contribution < 1.29 is 9.50 Å². The number of hydrogen-bond acceptors (Lipinski definition) is 3. The van der Waals surface area contributed by atoms with Crippen LogP contribution in [-0.2, 0) is 0 Å². The molecule has 0 amide bonds. The first kappa shape index (κ1) is 9.15. The molecule has 0 aliphatic heterocycles. The highest BCUT2D eigenvalue weighted by molar-refractivity contribution is 7.16. The van der Waals surface area contributed by atoms with E-state index >= 15 is 0 Å². The summed E-state index contributed by atoms with van der Waals surface area (Å²) in [7, 11) is 0. The van der Waals surface area contributed by atoms with Gasteiger partial charge in [-0.05, 0) is 30.7 Å². The Bertz CT molecular complexity index is 467. The van der Waals surface area contributed by atoms with Gasteiger partial charge < -0.3 is 5.11 Å². The van der Waals surface area contributed by atoms with Gasteiger partial charge >= 0.3 is 0 Å². The van der Waals surface area contributed by atoms with Crippen LogP contribution in [0.4, 0.5) is 4.39 Å². The van der Waals surface area contributed by atoms with Gasteiger partial charge in [0.15, 0.2) is 5.06 Å². The van der Waals surface area contributed by atoms with E-state index in [4.69, 9.17) is 5.11 Å². The maximum Gasteiger partial charge on any atom is 0.192 e. The van der Waals surface area contributed by atoms with Crippen LogP contribution < -0.4 is 0 Å². The average molecular weight is 209 g/mol. The quantitative estimate of drug-likeness (QED) is 0.783. The molecule has 0 saturated heterocycles. The molecule has 0 bridgehead atoms. The fourth-order valence-corrected chi connectivity index (χ4v) is 2.01. The lowest BCUT2D eigenvalue weighted by Crippen LogP contribution is -1.83. The van der Waals surface area contributed by atoms with Gasteiger partial charge in [-0.3, -0.25) is 0 Å². The first-order chi connectivity index (χ1) is 6.66. The fourth-order valence-electron chi connectivity index (χ4n) is 1.26. The molecule has 1 aromatic carbocycles. The molecule has 4 heteroatoms. The summed E-state index contributed by atoms with van der Waals surface area (Å²) in [5.74, 6) is -0.257. The van der Waals surface area contributed by atoms with E-state index in [2.05, 4.69) is 4.98 Å². The zero-order valence-electron chi connectivity index (χ0n) is 7.49. The molecular formula is C10H8FNOS. The van der Waals surface area contributed by atoms with Crippen molar-refractivity contribution in [3.05, 3.63) is 35.8 Å². The molecule has 2 aromatic rings. The second-order valence-electron chi connectivity index (χ2n) is 2.96. The molecule has 0 atom stereocenters. The number of hydrogen-bond donors (Lipinski definition) is 1. The van der Waals surface area contributed by atoms with Gasteiger partial charge in [0, 0.05) is 5.56 Å². The van der Waals surface area contributed by atoms with Gasteiger partial charge in [0.05, 0.1) is 6.20 Å². The van der Waals surface area contributed by atoms with E-state index in [1.807, 2.05) is 6.92 Å². The predicted octanol–water partition coefficient (Wildman–Crippen LogP) is 2.96. The van der Waals surface area contributed by atoms with Crippen molar-refractivity contribution in [3.8, 4) is 15.6 Å². The van der Waals surface area contributed by atoms with E-state index < -0.39 is 0 Å². The van der Waals surface area contributed by atoms with E-state index in [0.29, 0.717) is 5.01 Å². The molecule has 0 saturated carbocycles. The molecule has 0 radical (unpaired) electrons. The topological polar surface area (TPSA) is 33.1 Å². The minimum atomic E-state index is -0.257. The third-order valence-electron chi connectivity index (χ3n) is 1.91. The number of benzene rings is 1. The molecule has 1 heterocycles. The molecule has 14 heavy (non-hydrogen) atoms. The molecule has 2 rings (SSSR count). The lowest BCUT2D eigenvalue weighted by atomic mass is 10.1. The van der Waals surface area contributed by atoms with E-state index in [9.17, 15) is 4.39 Å². The number of aryl methyl sites for hydroxylation is 1. The molecule has 1 aromatic heterocycles. The molecule has 0 spiro atoms. The van der Waals surface area contributed by atoms with Crippen LogP contribution in [0, 0.1) is 12.7 Å². The van der Waals surface area contributed by atoms with Crippen LogP contribution in [-0.4, -0.2) is 10.1 Å². The van der Waals surface area contributed by atoms with Gasteiger partial charge in [0.25, 0.3) is 0 Å². The number of rotatable bonds is 1. The summed E-state index contributed by atoms with van der Waals surface area (Å²) in [6, 6.07) is 4.51. The van der Waals surface area contributed by atoms with Gasteiger partial charge in [-0.1, -0.05) is 11.3 Å². The summed E-state index contributed by atoms with van der Waals surface area (Å²) in [4.78, 5) is 4.02. The third-order valence-corrected chi connectivity index (χ3v) is 2.75. The number of aromatic hydroxyl groups is 1. The summed E-state index contributed by atoms with van der Waals surface area (Å²) in [6.07, 6.45) is 1.39. The molecule has 1 N–H and O–H groups in total. The molecule has 0 aliphatic carbocycles. The number of halogens is 1. The minimum Gasteiger partial charge on any atom is -0.498 e. The highest BCUT2D eigenvalue weighted by Crippen LogP contribution is 2.31. The Morgan fingerprint density at radius 3 is 2.79 bits per heavy atom. The van der Waals surface area contributed by atoms with Crippen LogP contribution in [0.25, 0.3) is 10.6 Å². The smallest absolute Gasteiger partial charge is 0.192 e. The Hall–Kier alpha value is -1.42. The highest BCUT2D eigenvalue weighted by Gasteiger charge is 2.07. The largest absolute Gasteiger partial charge is 0.498 e. The highest BCUT2D eigenvalue weighted by atomic mass is 32.1. The normalized spacial score (nSPS) is 10.4. The Morgan fingerprint density at radius 1 is 1.43 bits per heavy atom. The zero-order chi connectivity index (χ0) is 10.1. The maximum absolute atomic E-state index is 12.8. The number of aromatic nitrogens is 1. The van der Waals surface area contributed by atoms with Crippen molar-refractivity contribution in [3.63, 3.8) is 0 Å². The molecule has 0 unspecified atom stereocenters. The minimum absolute atomic E-state index is 0.170. The van der Waals surface area contributed by atoms with E-state index in [1.54, 1.807) is 6.07 Å². The summed E-state index contributed by atoms with van der Waals surface area (Å²) < 4.78 is 12.8. The van der Waals surface area contributed by atoms with E-state index in [0.717, 1.165) is 11.1 Å². The standard InChI is InChI=1S/C10H8FNOS/c1-6-4-7(11)2-3-8(6)10-12-5-9(13)14-10/h2-5,13H,1H3. The van der Waals surface area contributed by atoms with Gasteiger partial charge in [-0.2, -0.15) is 0 Å². The molecule has 2 nitrogen and oxygen atoms in total. The van der Waals surface area contributed by atoms with Crippen LogP contribution in [0.3, 0.4) is 0 Å². The predicted molar refractivity (Wildman–Crippen MR) is 53.9 cm³/mol. The van der Waals surface area contributed by atoms with Crippen LogP contribution in [0.2, 0.25) is 0 Å². The Labute approximate surface area is 84.7 Å². The van der Waals surface area contributed by atoms with Gasteiger partial charge in [0.1, 0.15) is 10.8 Å². The van der Waals surface area contributed by atoms with Gasteiger partial charge in [-0.15, -0.1) is 0 Å². The van der Waals surface area contributed by atoms with Crippen LogP contribution in [0.1, 0.15) is 5.56 Å². The third kappa shape index (κ3) is 1.61. The lowest BCUT2D eigenvalue weighted by Gasteiger charge is -2.00. The average Bonchev–Trinajstić information content (AvgIpc) is 2.51. The van der Waals surface area contributed by atoms with Crippen molar-refractivity contribution in [1.82, 2.24) is 4.98 Å². The molecule has 0 fully saturated rings. The summed E-state index contributed by atoms with van der Waals surface area (Å²) >= 11 is 1.18. The van der Waals surface area contributed by atoms with Crippen molar-refractivity contribution >= 4 is 11.3 Å². The van der Waals surface area contributed by atoms with Gasteiger partial charge in [-0.25, -0.2) is 9.37 Å². The Kier molecular flexibility index (Phi) is 2.21. The van der Waals surface area contributed by atoms with Crippen molar-refractivity contribution in [2.24, 2.45) is 0 Å². The maximum atomic E-state index is 12.8. The van der Waals surface area contributed by atoms with E-state index in [-0.39, 0.29) is 10.9 Å². The Morgan fingerprint density at radius 2 is 2.21 bits per heavy atom. The zero-order valence-corrected chi connectivity index (χ0v) is 8.31. The molecule has 72 valence electrons. The molecule has 0 aliphatic rings. The second kappa shape index (κ2) is 3.38. The Balaban J connectivity index is 2.52. The van der Waals surface area contributed by atoms with Gasteiger partial charge in [0.2, 0.25) is 0 Å². The molecular weight excluding hydrogens is 201 g/mol. The number of thiazole rings is 1. The van der Waals surface area contributed by atoms with Crippen molar-refractivity contribution in [2.45, 2.75) is 6.92 Å². The lowest BCUT2D eigenvalue weighted by molar-refractivity contribution is 0.489. The summed E-state index contributed by atoms with van der Waals surface area (Å²) in [5.41, 5.74) is 1.68. The van der Waals surface area contributed by atoms with Crippen LogP contribution in [0.5, 0.6) is 5.06 Å². The number of nitrogens with zero attached hydrogens (tertiary/aromatic N) is 1. The second-order valence-corrected chi connectivity index (χ2v) is 3.97. The first-order valence-electron chi connectivity index (χ1n) is 4.08. The first-order valence-corrected chi connectivity index (χ1v) is 4.90.